The van der Waals surface area contributed by atoms with E-state index in [9.17, 15) is 8.42 Å². The fourth-order valence-corrected chi connectivity index (χ4v) is 3.74. The van der Waals surface area contributed by atoms with Gasteiger partial charge in [-0.15, -0.1) is 10.2 Å². The summed E-state index contributed by atoms with van der Waals surface area (Å²) in [4.78, 5) is 4.43. The van der Waals surface area contributed by atoms with Gasteiger partial charge in [0, 0.05) is 6.07 Å². The van der Waals surface area contributed by atoms with Crippen LogP contribution in [0.25, 0.3) is 17.2 Å². The number of para-hydroxylation sites is 1. The SMILES string of the molecule is COc1cccc(-c2nnc(CS(=O)(=O)C(C)C)n2-c2c(OC)cccc2OC)n1. The molecule has 0 aliphatic rings. The number of pyridine rings is 1. The normalized spacial score (nSPS) is 11.5. The Labute approximate surface area is 175 Å². The predicted octanol–water partition coefficient (Wildman–Crippen LogP) is 2.68. The molecule has 3 rings (SSSR count). The molecule has 0 aliphatic heterocycles. The van der Waals surface area contributed by atoms with Crippen molar-refractivity contribution >= 4 is 9.84 Å². The quantitative estimate of drug-likeness (QED) is 0.535. The van der Waals surface area contributed by atoms with Gasteiger partial charge in [0.05, 0.1) is 26.6 Å². The molecule has 0 amide bonds. The molecular formula is C20H24N4O5S. The van der Waals surface area contributed by atoms with Crippen LogP contribution in [0.2, 0.25) is 0 Å². The average Bonchev–Trinajstić information content (AvgIpc) is 3.15. The molecule has 2 heterocycles. The minimum absolute atomic E-state index is 0.228. The third-order valence-corrected chi connectivity index (χ3v) is 6.66. The number of aromatic nitrogens is 4. The smallest absolute Gasteiger partial charge is 0.213 e. The molecule has 0 aliphatic carbocycles. The minimum atomic E-state index is -3.45. The van der Waals surface area contributed by atoms with Gasteiger partial charge in [0.15, 0.2) is 21.5 Å². The van der Waals surface area contributed by atoms with Gasteiger partial charge in [-0.2, -0.15) is 0 Å². The van der Waals surface area contributed by atoms with Crippen LogP contribution in [0.4, 0.5) is 0 Å². The van der Waals surface area contributed by atoms with Crippen LogP contribution < -0.4 is 14.2 Å². The molecule has 0 saturated heterocycles. The number of hydrogen-bond donors (Lipinski definition) is 0. The lowest BCUT2D eigenvalue weighted by Gasteiger charge is -2.17. The molecule has 0 radical (unpaired) electrons. The number of sulfone groups is 1. The molecular weight excluding hydrogens is 408 g/mol. The predicted molar refractivity (Wildman–Crippen MR) is 112 cm³/mol. The molecule has 9 nitrogen and oxygen atoms in total. The summed E-state index contributed by atoms with van der Waals surface area (Å²) >= 11 is 0. The third-order valence-electron chi connectivity index (χ3n) is 4.57. The Morgan fingerprint density at radius 3 is 2.13 bits per heavy atom. The molecule has 0 spiro atoms. The van der Waals surface area contributed by atoms with Gasteiger partial charge in [0.25, 0.3) is 0 Å². The van der Waals surface area contributed by atoms with Gasteiger partial charge in [0.2, 0.25) is 5.88 Å². The second-order valence-corrected chi connectivity index (χ2v) is 9.26. The average molecular weight is 433 g/mol. The Balaban J connectivity index is 2.32. The highest BCUT2D eigenvalue weighted by Crippen LogP contribution is 2.36. The lowest BCUT2D eigenvalue weighted by Crippen LogP contribution is -2.19. The Kier molecular flexibility index (Phi) is 6.25. The van der Waals surface area contributed by atoms with E-state index in [0.29, 0.717) is 34.6 Å². The molecule has 3 aromatic rings. The summed E-state index contributed by atoms with van der Waals surface area (Å²) in [6, 6.07) is 10.5. The zero-order valence-corrected chi connectivity index (χ0v) is 18.3. The van der Waals surface area contributed by atoms with Crippen molar-refractivity contribution in [2.24, 2.45) is 0 Å². The van der Waals surface area contributed by atoms with Gasteiger partial charge < -0.3 is 14.2 Å². The van der Waals surface area contributed by atoms with Gasteiger partial charge in [-0.3, -0.25) is 4.57 Å². The fourth-order valence-electron chi connectivity index (χ4n) is 2.86. The fraction of sp³-hybridized carbons (Fsp3) is 0.350. The Bertz CT molecular complexity index is 1120. The highest BCUT2D eigenvalue weighted by molar-refractivity contribution is 7.91. The van der Waals surface area contributed by atoms with Gasteiger partial charge in [-0.1, -0.05) is 12.1 Å². The topological polar surface area (TPSA) is 105 Å². The standard InChI is InChI=1S/C20H24N4O5S/c1-13(2)30(25,26)12-17-22-23-20(14-8-6-11-18(21-14)29-5)24(17)19-15(27-3)9-7-10-16(19)28-4/h6-11,13H,12H2,1-5H3. The Morgan fingerprint density at radius 2 is 1.57 bits per heavy atom. The number of hydrogen-bond acceptors (Lipinski definition) is 8. The van der Waals surface area contributed by atoms with Crippen molar-refractivity contribution in [1.82, 2.24) is 19.7 Å². The molecule has 2 aromatic heterocycles. The van der Waals surface area contributed by atoms with Crippen LogP contribution in [0.5, 0.6) is 17.4 Å². The zero-order chi connectivity index (χ0) is 21.9. The van der Waals surface area contributed by atoms with Crippen LogP contribution in [0.1, 0.15) is 19.7 Å². The van der Waals surface area contributed by atoms with E-state index < -0.39 is 15.1 Å². The minimum Gasteiger partial charge on any atom is -0.494 e. The summed E-state index contributed by atoms with van der Waals surface area (Å²) in [5.74, 6) is 1.60. The van der Waals surface area contributed by atoms with E-state index in [2.05, 4.69) is 15.2 Å². The monoisotopic (exact) mass is 432 g/mol. The molecule has 0 fully saturated rings. The molecule has 0 unspecified atom stereocenters. The molecule has 0 atom stereocenters. The highest BCUT2D eigenvalue weighted by atomic mass is 32.2. The number of benzene rings is 1. The maximum atomic E-state index is 12.7. The molecule has 30 heavy (non-hydrogen) atoms. The molecule has 0 bridgehead atoms. The first-order valence-electron chi connectivity index (χ1n) is 9.21. The van der Waals surface area contributed by atoms with E-state index in [1.165, 1.54) is 21.3 Å². The second kappa shape index (κ2) is 8.70. The van der Waals surface area contributed by atoms with Gasteiger partial charge in [-0.25, -0.2) is 13.4 Å². The number of rotatable bonds is 8. The molecule has 10 heteroatoms. The number of methoxy groups -OCH3 is 3. The zero-order valence-electron chi connectivity index (χ0n) is 17.5. The van der Waals surface area contributed by atoms with Crippen molar-refractivity contribution in [3.05, 3.63) is 42.2 Å². The molecule has 160 valence electrons. The van der Waals surface area contributed by atoms with E-state index in [1.807, 2.05) is 0 Å². The van der Waals surface area contributed by atoms with Crippen molar-refractivity contribution in [2.45, 2.75) is 24.9 Å². The van der Waals surface area contributed by atoms with Crippen LogP contribution in [-0.4, -0.2) is 54.7 Å². The molecule has 1 aromatic carbocycles. The van der Waals surface area contributed by atoms with Gasteiger partial charge >= 0.3 is 0 Å². The lowest BCUT2D eigenvalue weighted by molar-refractivity contribution is 0.390. The second-order valence-electron chi connectivity index (χ2n) is 6.71. The van der Waals surface area contributed by atoms with Crippen molar-refractivity contribution in [1.29, 1.82) is 0 Å². The molecule has 0 N–H and O–H groups in total. The van der Waals surface area contributed by atoms with E-state index in [0.717, 1.165) is 0 Å². The summed E-state index contributed by atoms with van der Waals surface area (Å²) in [5.41, 5.74) is 0.948. The highest BCUT2D eigenvalue weighted by Gasteiger charge is 2.27. The van der Waals surface area contributed by atoms with E-state index in [-0.39, 0.29) is 11.6 Å². The van der Waals surface area contributed by atoms with Gasteiger partial charge in [-0.05, 0) is 32.0 Å². The van der Waals surface area contributed by atoms with Crippen molar-refractivity contribution in [2.75, 3.05) is 21.3 Å². The lowest BCUT2D eigenvalue weighted by atomic mass is 10.2. The maximum Gasteiger partial charge on any atom is 0.213 e. The van der Waals surface area contributed by atoms with Crippen LogP contribution in [0.3, 0.4) is 0 Å². The summed E-state index contributed by atoms with van der Waals surface area (Å²) in [7, 11) is 1.11. The first-order valence-corrected chi connectivity index (χ1v) is 10.9. The third kappa shape index (κ3) is 4.09. The van der Waals surface area contributed by atoms with Crippen LogP contribution in [0, 0.1) is 0 Å². The Morgan fingerprint density at radius 1 is 0.933 bits per heavy atom. The first-order chi connectivity index (χ1) is 14.3. The van der Waals surface area contributed by atoms with Crippen molar-refractivity contribution in [3.8, 4) is 34.6 Å². The van der Waals surface area contributed by atoms with E-state index >= 15 is 0 Å². The van der Waals surface area contributed by atoms with E-state index in [4.69, 9.17) is 14.2 Å². The van der Waals surface area contributed by atoms with Crippen LogP contribution in [0.15, 0.2) is 36.4 Å². The number of nitrogens with zero attached hydrogens (tertiary/aromatic N) is 4. The summed E-state index contributed by atoms with van der Waals surface area (Å²) in [6.07, 6.45) is 0. The van der Waals surface area contributed by atoms with Crippen molar-refractivity contribution in [3.63, 3.8) is 0 Å². The van der Waals surface area contributed by atoms with Gasteiger partial charge in [0.1, 0.15) is 28.6 Å². The summed E-state index contributed by atoms with van der Waals surface area (Å²) in [6.45, 7) is 3.26. The molecule has 0 saturated carbocycles. The largest absolute Gasteiger partial charge is 0.494 e. The maximum absolute atomic E-state index is 12.7. The summed E-state index contributed by atoms with van der Waals surface area (Å²) < 4.78 is 43.2. The Hall–Kier alpha value is -3.14. The number of ether oxygens (including phenoxy) is 3. The van der Waals surface area contributed by atoms with Crippen LogP contribution in [-0.2, 0) is 15.6 Å². The first kappa shape index (κ1) is 21.6. The van der Waals surface area contributed by atoms with E-state index in [1.54, 1.807) is 54.8 Å². The summed E-state index contributed by atoms with van der Waals surface area (Å²) in [5, 5.41) is 7.87. The van der Waals surface area contributed by atoms with Crippen molar-refractivity contribution < 1.29 is 22.6 Å². The van der Waals surface area contributed by atoms with Crippen LogP contribution >= 0.6 is 0 Å².